The molecule has 0 radical (unpaired) electrons. The second kappa shape index (κ2) is 7.22. The highest BCUT2D eigenvalue weighted by molar-refractivity contribution is 5.83. The fourth-order valence-corrected chi connectivity index (χ4v) is 2.52. The Morgan fingerprint density at radius 1 is 1.42 bits per heavy atom. The molecule has 0 saturated carbocycles. The second-order valence-corrected chi connectivity index (χ2v) is 6.28. The summed E-state index contributed by atoms with van der Waals surface area (Å²) in [5, 5.41) is 15.3. The van der Waals surface area contributed by atoms with E-state index >= 15 is 0 Å². The van der Waals surface area contributed by atoms with E-state index in [0.29, 0.717) is 19.6 Å². The number of hydrogen-bond acceptors (Lipinski definition) is 4. The Morgan fingerprint density at radius 3 is 2.58 bits per heavy atom. The lowest BCUT2D eigenvalue weighted by atomic mass is 9.78. The van der Waals surface area contributed by atoms with Crippen LogP contribution in [0.2, 0.25) is 0 Å². The van der Waals surface area contributed by atoms with Gasteiger partial charge in [0.15, 0.2) is 0 Å². The summed E-state index contributed by atoms with van der Waals surface area (Å²) in [5.41, 5.74) is -0.471. The summed E-state index contributed by atoms with van der Waals surface area (Å²) >= 11 is 0. The summed E-state index contributed by atoms with van der Waals surface area (Å²) in [5.74, 6) is 0.0851. The minimum Gasteiger partial charge on any atom is -0.396 e. The standard InChI is InChI=1S/C14H28N2O3/c1-13(2,6-9-17)10-16-12(18)14(11-19-3)4-7-15-8-5-14/h15,17H,4-11H2,1-3H3,(H,16,18). The van der Waals surface area contributed by atoms with E-state index in [-0.39, 0.29) is 17.9 Å². The maximum absolute atomic E-state index is 12.5. The van der Waals surface area contributed by atoms with Crippen LogP contribution in [0.1, 0.15) is 33.1 Å². The van der Waals surface area contributed by atoms with Crippen molar-refractivity contribution in [3.8, 4) is 0 Å². The third-order valence-electron chi connectivity index (χ3n) is 3.98. The highest BCUT2D eigenvalue weighted by Gasteiger charge is 2.39. The SMILES string of the molecule is COCC1(C(=O)NCC(C)(C)CCO)CCNCC1. The van der Waals surface area contributed by atoms with E-state index in [2.05, 4.69) is 24.5 Å². The molecule has 1 aliphatic rings. The quantitative estimate of drug-likeness (QED) is 0.632. The molecule has 0 atom stereocenters. The largest absolute Gasteiger partial charge is 0.396 e. The number of nitrogens with one attached hydrogen (secondary N) is 2. The molecule has 1 rings (SSSR count). The van der Waals surface area contributed by atoms with Crippen molar-refractivity contribution >= 4 is 5.91 Å². The topological polar surface area (TPSA) is 70.6 Å². The van der Waals surface area contributed by atoms with E-state index in [9.17, 15) is 4.79 Å². The van der Waals surface area contributed by atoms with Crippen LogP contribution in [0.4, 0.5) is 0 Å². The van der Waals surface area contributed by atoms with Crippen molar-refractivity contribution in [2.45, 2.75) is 33.1 Å². The van der Waals surface area contributed by atoms with Crippen LogP contribution in [-0.4, -0.2) is 51.0 Å². The Bertz CT molecular complexity index is 281. The zero-order valence-electron chi connectivity index (χ0n) is 12.4. The average molecular weight is 272 g/mol. The maximum atomic E-state index is 12.5. The van der Waals surface area contributed by atoms with E-state index in [1.54, 1.807) is 7.11 Å². The Morgan fingerprint density at radius 2 is 2.05 bits per heavy atom. The number of methoxy groups -OCH3 is 1. The molecule has 0 aromatic rings. The lowest BCUT2D eigenvalue weighted by Crippen LogP contribution is -2.51. The minimum absolute atomic E-state index is 0.0778. The lowest BCUT2D eigenvalue weighted by molar-refractivity contribution is -0.136. The fourth-order valence-electron chi connectivity index (χ4n) is 2.52. The Balaban J connectivity index is 2.57. The van der Waals surface area contributed by atoms with Crippen LogP contribution in [0.25, 0.3) is 0 Å². The predicted molar refractivity (Wildman–Crippen MR) is 74.9 cm³/mol. The molecule has 5 heteroatoms. The van der Waals surface area contributed by atoms with Crippen LogP contribution >= 0.6 is 0 Å². The molecule has 0 spiro atoms. The number of carbonyl (C=O) groups excluding carboxylic acids is 1. The van der Waals surface area contributed by atoms with Gasteiger partial charge in [-0.2, -0.15) is 0 Å². The fraction of sp³-hybridized carbons (Fsp3) is 0.929. The van der Waals surface area contributed by atoms with Gasteiger partial charge >= 0.3 is 0 Å². The monoisotopic (exact) mass is 272 g/mol. The van der Waals surface area contributed by atoms with Gasteiger partial charge in [-0.1, -0.05) is 13.8 Å². The first-order valence-corrected chi connectivity index (χ1v) is 7.05. The van der Waals surface area contributed by atoms with Crippen molar-refractivity contribution in [2.75, 3.05) is 40.0 Å². The number of hydrogen-bond donors (Lipinski definition) is 3. The molecule has 1 heterocycles. The number of aliphatic hydroxyl groups is 1. The van der Waals surface area contributed by atoms with Crippen molar-refractivity contribution in [1.29, 1.82) is 0 Å². The normalized spacial score (nSPS) is 19.2. The van der Waals surface area contributed by atoms with Crippen molar-refractivity contribution in [1.82, 2.24) is 10.6 Å². The first-order chi connectivity index (χ1) is 8.96. The van der Waals surface area contributed by atoms with Gasteiger partial charge in [0.2, 0.25) is 5.91 Å². The van der Waals surface area contributed by atoms with Gasteiger partial charge < -0.3 is 20.5 Å². The van der Waals surface area contributed by atoms with E-state index in [4.69, 9.17) is 9.84 Å². The Kier molecular flexibility index (Phi) is 6.23. The summed E-state index contributed by atoms with van der Waals surface area (Å²) in [4.78, 5) is 12.5. The zero-order valence-corrected chi connectivity index (χ0v) is 12.4. The van der Waals surface area contributed by atoms with Crippen molar-refractivity contribution < 1.29 is 14.6 Å². The van der Waals surface area contributed by atoms with Crippen LogP contribution in [-0.2, 0) is 9.53 Å². The van der Waals surface area contributed by atoms with Gasteiger partial charge in [0.05, 0.1) is 12.0 Å². The van der Waals surface area contributed by atoms with Crippen molar-refractivity contribution in [2.24, 2.45) is 10.8 Å². The molecular weight excluding hydrogens is 244 g/mol. The molecule has 0 aliphatic carbocycles. The molecule has 1 fully saturated rings. The van der Waals surface area contributed by atoms with E-state index in [1.165, 1.54) is 0 Å². The van der Waals surface area contributed by atoms with E-state index in [1.807, 2.05) is 0 Å². The summed E-state index contributed by atoms with van der Waals surface area (Å²) in [6, 6.07) is 0. The molecule has 1 amide bonds. The Labute approximate surface area is 116 Å². The number of aliphatic hydroxyl groups excluding tert-OH is 1. The third kappa shape index (κ3) is 4.75. The van der Waals surface area contributed by atoms with Gasteiger partial charge in [-0.15, -0.1) is 0 Å². The molecule has 1 aliphatic heterocycles. The van der Waals surface area contributed by atoms with Crippen LogP contribution in [0.3, 0.4) is 0 Å². The van der Waals surface area contributed by atoms with Gasteiger partial charge in [0, 0.05) is 20.3 Å². The first-order valence-electron chi connectivity index (χ1n) is 7.05. The molecule has 1 saturated heterocycles. The molecule has 5 nitrogen and oxygen atoms in total. The lowest BCUT2D eigenvalue weighted by Gasteiger charge is -2.36. The summed E-state index contributed by atoms with van der Waals surface area (Å²) in [7, 11) is 1.65. The molecule has 19 heavy (non-hydrogen) atoms. The van der Waals surface area contributed by atoms with Gasteiger partial charge in [0.1, 0.15) is 0 Å². The molecule has 0 unspecified atom stereocenters. The van der Waals surface area contributed by atoms with Gasteiger partial charge in [-0.25, -0.2) is 0 Å². The number of ether oxygens (including phenoxy) is 1. The maximum Gasteiger partial charge on any atom is 0.228 e. The molecule has 0 bridgehead atoms. The molecule has 112 valence electrons. The zero-order chi connectivity index (χ0) is 14.4. The summed E-state index contributed by atoms with van der Waals surface area (Å²) in [6.45, 7) is 7.03. The van der Waals surface area contributed by atoms with Crippen LogP contribution in [0, 0.1) is 10.8 Å². The van der Waals surface area contributed by atoms with E-state index in [0.717, 1.165) is 25.9 Å². The second-order valence-electron chi connectivity index (χ2n) is 6.28. The minimum atomic E-state index is -0.394. The number of rotatable bonds is 7. The number of piperidine rings is 1. The summed E-state index contributed by atoms with van der Waals surface area (Å²) in [6.07, 6.45) is 2.31. The number of carbonyl (C=O) groups is 1. The van der Waals surface area contributed by atoms with E-state index < -0.39 is 5.41 Å². The van der Waals surface area contributed by atoms with Gasteiger partial charge in [-0.3, -0.25) is 4.79 Å². The molecule has 0 aromatic heterocycles. The molecule has 0 aromatic carbocycles. The smallest absolute Gasteiger partial charge is 0.228 e. The average Bonchev–Trinajstić information content (AvgIpc) is 2.37. The number of amides is 1. The highest BCUT2D eigenvalue weighted by atomic mass is 16.5. The highest BCUT2D eigenvalue weighted by Crippen LogP contribution is 2.30. The Hall–Kier alpha value is -0.650. The van der Waals surface area contributed by atoms with Crippen LogP contribution < -0.4 is 10.6 Å². The van der Waals surface area contributed by atoms with Crippen LogP contribution in [0.5, 0.6) is 0 Å². The van der Waals surface area contributed by atoms with Gasteiger partial charge in [0.25, 0.3) is 0 Å². The van der Waals surface area contributed by atoms with Crippen LogP contribution in [0.15, 0.2) is 0 Å². The summed E-state index contributed by atoms with van der Waals surface area (Å²) < 4.78 is 5.26. The van der Waals surface area contributed by atoms with Gasteiger partial charge in [-0.05, 0) is 37.8 Å². The van der Waals surface area contributed by atoms with Crippen molar-refractivity contribution in [3.63, 3.8) is 0 Å². The molecular formula is C14H28N2O3. The predicted octanol–water partition coefficient (Wildman–Crippen LogP) is 0.527. The first kappa shape index (κ1) is 16.4. The van der Waals surface area contributed by atoms with Crippen molar-refractivity contribution in [3.05, 3.63) is 0 Å². The third-order valence-corrected chi connectivity index (χ3v) is 3.98. The molecule has 3 N–H and O–H groups in total.